The minimum atomic E-state index is -1.69. The number of fused-ring (bicyclic) bond motifs is 1. The zero-order chi connectivity index (χ0) is 20.2. The van der Waals surface area contributed by atoms with Crippen molar-refractivity contribution in [2.75, 3.05) is 13.7 Å². The van der Waals surface area contributed by atoms with Gasteiger partial charge in [-0.15, -0.1) is 0 Å². The predicted octanol–water partition coefficient (Wildman–Crippen LogP) is 4.85. The standard InChI is InChI=1S/C22H38O4Si/c1-22(2,3)27(5,6)26-14-8-10-16-9-7-11-18(21(24)25-4)17-12-13-20(23)19(17)15-16/h7,11,15-18,20,23H,8-10,12-14H2,1-6H3/b11-7-,19-15+/t16-,17-,18+,20+/m0/s1. The maximum atomic E-state index is 12.2. The fraction of sp³-hybridized carbons (Fsp3) is 0.773. The second kappa shape index (κ2) is 9.06. The van der Waals surface area contributed by atoms with Crippen molar-refractivity contribution in [1.82, 2.24) is 0 Å². The Morgan fingerprint density at radius 1 is 1.30 bits per heavy atom. The van der Waals surface area contributed by atoms with Gasteiger partial charge in [0.25, 0.3) is 0 Å². The highest BCUT2D eigenvalue weighted by Gasteiger charge is 2.39. The van der Waals surface area contributed by atoms with Gasteiger partial charge < -0.3 is 14.3 Å². The number of ether oxygens (including phenoxy) is 1. The largest absolute Gasteiger partial charge is 0.469 e. The molecule has 1 N–H and O–H groups in total. The molecule has 2 rings (SSSR count). The summed E-state index contributed by atoms with van der Waals surface area (Å²) in [5, 5.41) is 10.7. The van der Waals surface area contributed by atoms with E-state index in [0.717, 1.165) is 44.3 Å². The van der Waals surface area contributed by atoms with Gasteiger partial charge in [-0.1, -0.05) is 39.0 Å². The molecule has 5 heteroatoms. The van der Waals surface area contributed by atoms with E-state index in [1.54, 1.807) is 0 Å². The second-order valence-corrected chi connectivity index (χ2v) is 14.4. The number of allylic oxidation sites excluding steroid dienone is 2. The highest BCUT2D eigenvalue weighted by molar-refractivity contribution is 6.74. The average molecular weight is 395 g/mol. The maximum absolute atomic E-state index is 12.2. The Morgan fingerprint density at radius 2 is 2.00 bits per heavy atom. The van der Waals surface area contributed by atoms with E-state index in [0.29, 0.717) is 5.92 Å². The highest BCUT2D eigenvalue weighted by atomic mass is 28.4. The molecular formula is C22H38O4Si. The van der Waals surface area contributed by atoms with Crippen LogP contribution in [0.4, 0.5) is 0 Å². The van der Waals surface area contributed by atoms with Crippen LogP contribution in [0, 0.1) is 17.8 Å². The van der Waals surface area contributed by atoms with Crippen LogP contribution in [-0.4, -0.2) is 39.2 Å². The van der Waals surface area contributed by atoms with Gasteiger partial charge in [-0.3, -0.25) is 4.79 Å². The number of carbonyl (C=O) groups is 1. The summed E-state index contributed by atoms with van der Waals surface area (Å²) in [5.41, 5.74) is 1.05. The second-order valence-electron chi connectivity index (χ2n) is 9.59. The van der Waals surface area contributed by atoms with Crippen LogP contribution in [0.3, 0.4) is 0 Å². The number of aliphatic hydroxyl groups is 1. The van der Waals surface area contributed by atoms with Gasteiger partial charge in [0, 0.05) is 6.61 Å². The summed E-state index contributed by atoms with van der Waals surface area (Å²) in [5.74, 6) is 0.0156. The number of rotatable bonds is 6. The molecule has 2 aliphatic rings. The third-order valence-corrected chi connectivity index (χ3v) is 11.2. The monoisotopic (exact) mass is 394 g/mol. The summed E-state index contributed by atoms with van der Waals surface area (Å²) in [6.07, 6.45) is 10.5. The van der Waals surface area contributed by atoms with Crippen LogP contribution in [0.2, 0.25) is 18.1 Å². The molecule has 154 valence electrons. The Kier molecular flexibility index (Phi) is 7.51. The quantitative estimate of drug-likeness (QED) is 0.303. The molecule has 0 radical (unpaired) electrons. The zero-order valence-electron chi connectivity index (χ0n) is 18.0. The fourth-order valence-electron chi connectivity index (χ4n) is 3.88. The normalized spacial score (nSPS) is 32.0. The lowest BCUT2D eigenvalue weighted by Gasteiger charge is -2.36. The van der Waals surface area contributed by atoms with Crippen LogP contribution in [0.1, 0.15) is 52.9 Å². The molecular weight excluding hydrogens is 356 g/mol. The van der Waals surface area contributed by atoms with E-state index in [-0.39, 0.29) is 22.8 Å². The van der Waals surface area contributed by atoms with Crippen molar-refractivity contribution < 1.29 is 19.1 Å². The van der Waals surface area contributed by atoms with Gasteiger partial charge in [0.05, 0.1) is 19.1 Å². The minimum Gasteiger partial charge on any atom is -0.469 e. The lowest BCUT2D eigenvalue weighted by molar-refractivity contribution is -0.144. The van der Waals surface area contributed by atoms with E-state index in [1.165, 1.54) is 7.11 Å². The van der Waals surface area contributed by atoms with Crippen LogP contribution in [0.5, 0.6) is 0 Å². The zero-order valence-corrected chi connectivity index (χ0v) is 19.0. The topological polar surface area (TPSA) is 55.8 Å². The summed E-state index contributed by atoms with van der Waals surface area (Å²) in [7, 11) is -0.249. The lowest BCUT2D eigenvalue weighted by Crippen LogP contribution is -2.41. The third kappa shape index (κ3) is 5.55. The minimum absolute atomic E-state index is 0.0787. The smallest absolute Gasteiger partial charge is 0.313 e. The van der Waals surface area contributed by atoms with Crippen LogP contribution < -0.4 is 0 Å². The van der Waals surface area contributed by atoms with E-state index in [1.807, 2.05) is 6.08 Å². The van der Waals surface area contributed by atoms with E-state index in [9.17, 15) is 9.90 Å². The van der Waals surface area contributed by atoms with Crippen LogP contribution >= 0.6 is 0 Å². The first-order valence-corrected chi connectivity index (χ1v) is 13.3. The summed E-state index contributed by atoms with van der Waals surface area (Å²) >= 11 is 0. The van der Waals surface area contributed by atoms with Gasteiger partial charge in [0.2, 0.25) is 0 Å². The molecule has 2 aliphatic carbocycles. The molecule has 0 heterocycles. The van der Waals surface area contributed by atoms with Crippen molar-refractivity contribution in [1.29, 1.82) is 0 Å². The van der Waals surface area contributed by atoms with Gasteiger partial charge >= 0.3 is 5.97 Å². The molecule has 0 bridgehead atoms. The number of carbonyl (C=O) groups excluding carboxylic acids is 1. The van der Waals surface area contributed by atoms with Crippen molar-refractivity contribution >= 4 is 14.3 Å². The Hall–Kier alpha value is -0.913. The summed E-state index contributed by atoms with van der Waals surface area (Å²) < 4.78 is 11.3. The molecule has 0 saturated heterocycles. The molecule has 0 aromatic rings. The molecule has 0 aromatic heterocycles. The van der Waals surface area contributed by atoms with Crippen molar-refractivity contribution in [2.24, 2.45) is 17.8 Å². The molecule has 1 fully saturated rings. The number of hydrogen-bond acceptors (Lipinski definition) is 4. The summed E-state index contributed by atoms with van der Waals surface area (Å²) in [6, 6.07) is 0. The van der Waals surface area contributed by atoms with E-state index >= 15 is 0 Å². The van der Waals surface area contributed by atoms with E-state index < -0.39 is 14.4 Å². The van der Waals surface area contributed by atoms with E-state index in [2.05, 4.69) is 46.0 Å². The SMILES string of the molecule is COC(=O)[C@@H]1/C=C\C[C@@H](CCCO[Si](C)(C)C(C)(C)C)/C=C2/[C@H](O)CC[C@H]21. The molecule has 1 saturated carbocycles. The first kappa shape index (κ1) is 22.4. The van der Waals surface area contributed by atoms with Gasteiger partial charge in [0.15, 0.2) is 8.32 Å². The molecule has 0 unspecified atom stereocenters. The summed E-state index contributed by atoms with van der Waals surface area (Å²) in [4.78, 5) is 12.2. The Balaban J connectivity index is 1.98. The molecule has 0 aromatic carbocycles. The molecule has 4 nitrogen and oxygen atoms in total. The number of esters is 1. The number of aliphatic hydroxyl groups excluding tert-OH is 1. The predicted molar refractivity (Wildman–Crippen MR) is 112 cm³/mol. The molecule has 4 atom stereocenters. The third-order valence-electron chi connectivity index (χ3n) is 6.67. The number of hydrogen-bond donors (Lipinski definition) is 1. The van der Waals surface area contributed by atoms with Crippen LogP contribution in [0.15, 0.2) is 23.8 Å². The van der Waals surface area contributed by atoms with Gasteiger partial charge in [-0.25, -0.2) is 0 Å². The fourth-order valence-corrected chi connectivity index (χ4v) is 4.97. The van der Waals surface area contributed by atoms with Gasteiger partial charge in [0.1, 0.15) is 0 Å². The van der Waals surface area contributed by atoms with Gasteiger partial charge in [-0.2, -0.15) is 0 Å². The van der Waals surface area contributed by atoms with Crippen molar-refractivity contribution in [2.45, 2.75) is 77.1 Å². The molecule has 0 spiro atoms. The highest BCUT2D eigenvalue weighted by Crippen LogP contribution is 2.41. The lowest BCUT2D eigenvalue weighted by atomic mass is 9.81. The van der Waals surface area contributed by atoms with Crippen molar-refractivity contribution in [3.05, 3.63) is 23.8 Å². The Morgan fingerprint density at radius 3 is 2.63 bits per heavy atom. The molecule has 0 aliphatic heterocycles. The molecule has 27 heavy (non-hydrogen) atoms. The molecule has 0 amide bonds. The van der Waals surface area contributed by atoms with E-state index in [4.69, 9.17) is 9.16 Å². The first-order chi connectivity index (χ1) is 12.6. The Bertz CT molecular complexity index is 573. The van der Waals surface area contributed by atoms with Crippen LogP contribution in [0.25, 0.3) is 0 Å². The number of methoxy groups -OCH3 is 1. The van der Waals surface area contributed by atoms with Crippen molar-refractivity contribution in [3.8, 4) is 0 Å². The van der Waals surface area contributed by atoms with Crippen LogP contribution in [-0.2, 0) is 14.0 Å². The van der Waals surface area contributed by atoms with Crippen molar-refractivity contribution in [3.63, 3.8) is 0 Å². The maximum Gasteiger partial charge on any atom is 0.313 e. The Labute approximate surface area is 166 Å². The average Bonchev–Trinajstić information content (AvgIpc) is 2.91. The summed E-state index contributed by atoms with van der Waals surface area (Å²) in [6.45, 7) is 12.2. The van der Waals surface area contributed by atoms with Gasteiger partial charge in [-0.05, 0) is 67.6 Å². The first-order valence-electron chi connectivity index (χ1n) is 10.3.